The van der Waals surface area contributed by atoms with Crippen LogP contribution in [0, 0.1) is 12.8 Å². The van der Waals surface area contributed by atoms with Crippen molar-refractivity contribution in [2.75, 3.05) is 13.2 Å². The minimum Gasteiger partial charge on any atom is -0.381 e. The van der Waals surface area contributed by atoms with Crippen LogP contribution < -0.4 is 5.76 Å². The maximum atomic E-state index is 11.5. The van der Waals surface area contributed by atoms with Gasteiger partial charge in [-0.05, 0) is 61.8 Å². The lowest BCUT2D eigenvalue weighted by atomic mass is 9.91. The van der Waals surface area contributed by atoms with Crippen molar-refractivity contribution in [1.29, 1.82) is 0 Å². The number of hydrogen-bond donors (Lipinski definition) is 1. The molecule has 2 atom stereocenters. The van der Waals surface area contributed by atoms with Gasteiger partial charge in [-0.15, -0.1) is 0 Å². The normalized spacial score (nSPS) is 26.5. The Morgan fingerprint density at radius 3 is 2.69 bits per heavy atom. The lowest BCUT2D eigenvalue weighted by Gasteiger charge is -2.23. The highest BCUT2D eigenvalue weighted by Crippen LogP contribution is 2.55. The molecule has 2 fully saturated rings. The van der Waals surface area contributed by atoms with Gasteiger partial charge in [0.05, 0.1) is 0 Å². The summed E-state index contributed by atoms with van der Waals surface area (Å²) in [5.41, 5.74) is 3.45. The topological polar surface area (TPSA) is 73.0 Å². The summed E-state index contributed by atoms with van der Waals surface area (Å²) < 4.78 is 12.6. The molecule has 2 unspecified atom stereocenters. The second-order valence-corrected chi connectivity index (χ2v) is 7.80. The Labute approximate surface area is 151 Å². The predicted octanol–water partition coefficient (Wildman–Crippen LogP) is 3.30. The summed E-state index contributed by atoms with van der Waals surface area (Å²) in [4.78, 5) is 14.3. The molecular weight excluding hydrogens is 330 g/mol. The van der Waals surface area contributed by atoms with Gasteiger partial charge >= 0.3 is 5.76 Å². The minimum atomic E-state index is -0.491. The Kier molecular flexibility index (Phi) is 3.41. The van der Waals surface area contributed by atoms with E-state index < -0.39 is 5.76 Å². The molecule has 1 N–H and O–H groups in total. The van der Waals surface area contributed by atoms with E-state index in [-0.39, 0.29) is 5.54 Å². The van der Waals surface area contributed by atoms with Gasteiger partial charge in [-0.2, -0.15) is 0 Å². The van der Waals surface area contributed by atoms with Crippen LogP contribution in [0.5, 0.6) is 0 Å². The number of ether oxygens (including phenoxy) is 1. The molecule has 1 aliphatic carbocycles. The molecule has 136 valence electrons. The second-order valence-electron chi connectivity index (χ2n) is 7.80. The molecule has 0 amide bonds. The zero-order chi connectivity index (χ0) is 17.9. The Morgan fingerprint density at radius 1 is 1.27 bits per heavy atom. The van der Waals surface area contributed by atoms with E-state index in [0.717, 1.165) is 32.5 Å². The fourth-order valence-corrected chi connectivity index (χ4v) is 4.76. The van der Waals surface area contributed by atoms with E-state index in [2.05, 4.69) is 52.8 Å². The van der Waals surface area contributed by atoms with Crippen LogP contribution in [0.25, 0.3) is 10.9 Å². The van der Waals surface area contributed by atoms with Crippen LogP contribution in [0.15, 0.2) is 33.6 Å². The molecular formula is C20H23N3O3. The SMILES string of the molecule is Cc1cc2cc(C3CCOCC3)ccc2n1C1(c2noc(=O)[nH]2)CC1C. The van der Waals surface area contributed by atoms with Crippen molar-refractivity contribution in [1.82, 2.24) is 14.7 Å². The number of aryl methyl sites for hydroxylation is 1. The molecule has 0 spiro atoms. The number of aromatic nitrogens is 3. The van der Waals surface area contributed by atoms with Crippen molar-refractivity contribution in [3.63, 3.8) is 0 Å². The van der Waals surface area contributed by atoms with E-state index in [1.807, 2.05) is 0 Å². The number of aromatic amines is 1. The molecule has 5 rings (SSSR count). The van der Waals surface area contributed by atoms with Crippen LogP contribution in [-0.2, 0) is 10.3 Å². The van der Waals surface area contributed by atoms with Gasteiger partial charge in [0.2, 0.25) is 0 Å². The van der Waals surface area contributed by atoms with Crippen molar-refractivity contribution >= 4 is 10.9 Å². The van der Waals surface area contributed by atoms with Crippen LogP contribution in [0.4, 0.5) is 0 Å². The number of H-pyrrole nitrogens is 1. The first-order valence-corrected chi connectivity index (χ1v) is 9.36. The van der Waals surface area contributed by atoms with Crippen molar-refractivity contribution in [2.24, 2.45) is 5.92 Å². The summed E-state index contributed by atoms with van der Waals surface area (Å²) in [6.07, 6.45) is 3.13. The van der Waals surface area contributed by atoms with Crippen LogP contribution in [0.3, 0.4) is 0 Å². The second kappa shape index (κ2) is 5.58. The Morgan fingerprint density at radius 2 is 2.04 bits per heavy atom. The van der Waals surface area contributed by atoms with Crippen LogP contribution in [0.2, 0.25) is 0 Å². The van der Waals surface area contributed by atoms with Gasteiger partial charge in [0, 0.05) is 29.8 Å². The third-order valence-electron chi connectivity index (χ3n) is 6.22. The first kappa shape index (κ1) is 15.9. The Hall–Kier alpha value is -2.34. The number of nitrogens with zero attached hydrogens (tertiary/aromatic N) is 2. The molecule has 26 heavy (non-hydrogen) atoms. The van der Waals surface area contributed by atoms with Gasteiger partial charge < -0.3 is 9.30 Å². The molecule has 2 aliphatic rings. The van der Waals surface area contributed by atoms with Crippen molar-refractivity contribution in [3.05, 3.63) is 51.9 Å². The number of hydrogen-bond acceptors (Lipinski definition) is 4. The molecule has 0 bridgehead atoms. The lowest BCUT2D eigenvalue weighted by Crippen LogP contribution is -2.24. The van der Waals surface area contributed by atoms with E-state index in [4.69, 9.17) is 9.26 Å². The number of rotatable bonds is 3. The lowest BCUT2D eigenvalue weighted by molar-refractivity contribution is 0.0853. The molecule has 1 aromatic carbocycles. The van der Waals surface area contributed by atoms with Gasteiger partial charge in [0.25, 0.3) is 0 Å². The molecule has 1 saturated heterocycles. The first-order chi connectivity index (χ1) is 12.6. The van der Waals surface area contributed by atoms with E-state index in [1.54, 1.807) is 0 Å². The van der Waals surface area contributed by atoms with Gasteiger partial charge in [0.1, 0.15) is 5.54 Å². The zero-order valence-electron chi connectivity index (χ0n) is 15.1. The van der Waals surface area contributed by atoms with Gasteiger partial charge in [-0.3, -0.25) is 9.51 Å². The average molecular weight is 353 g/mol. The van der Waals surface area contributed by atoms with Crippen molar-refractivity contribution in [2.45, 2.75) is 44.6 Å². The fourth-order valence-electron chi connectivity index (χ4n) is 4.76. The van der Waals surface area contributed by atoms with E-state index >= 15 is 0 Å². The maximum absolute atomic E-state index is 11.5. The predicted molar refractivity (Wildman–Crippen MR) is 97.4 cm³/mol. The summed E-state index contributed by atoms with van der Waals surface area (Å²) >= 11 is 0. The number of benzene rings is 1. The zero-order valence-corrected chi connectivity index (χ0v) is 15.1. The van der Waals surface area contributed by atoms with Crippen LogP contribution in [-0.4, -0.2) is 27.9 Å². The molecule has 3 aromatic rings. The summed E-state index contributed by atoms with van der Waals surface area (Å²) in [6, 6.07) is 9.03. The van der Waals surface area contributed by atoms with Crippen LogP contribution in [0.1, 0.15) is 49.2 Å². The Bertz CT molecular complexity index is 1020. The summed E-state index contributed by atoms with van der Waals surface area (Å²) in [6.45, 7) is 6.01. The van der Waals surface area contributed by atoms with Gasteiger partial charge in [-0.1, -0.05) is 18.1 Å². The number of fused-ring (bicyclic) bond motifs is 1. The molecule has 0 radical (unpaired) electrons. The molecule has 6 heteroatoms. The highest BCUT2D eigenvalue weighted by molar-refractivity contribution is 5.83. The highest BCUT2D eigenvalue weighted by atomic mass is 16.5. The van der Waals surface area contributed by atoms with Crippen LogP contribution >= 0.6 is 0 Å². The largest absolute Gasteiger partial charge is 0.438 e. The first-order valence-electron chi connectivity index (χ1n) is 9.36. The monoisotopic (exact) mass is 353 g/mol. The Balaban J connectivity index is 1.62. The van der Waals surface area contributed by atoms with E-state index in [9.17, 15) is 4.79 Å². The molecule has 1 aliphatic heterocycles. The number of nitrogens with one attached hydrogen (secondary N) is 1. The highest BCUT2D eigenvalue weighted by Gasteiger charge is 2.58. The summed E-state index contributed by atoms with van der Waals surface area (Å²) in [5, 5.41) is 5.26. The molecule has 3 heterocycles. The quantitative estimate of drug-likeness (QED) is 0.784. The molecule has 2 aromatic heterocycles. The van der Waals surface area contributed by atoms with Gasteiger partial charge in [-0.25, -0.2) is 4.79 Å². The fraction of sp³-hybridized carbons (Fsp3) is 0.500. The third-order valence-corrected chi connectivity index (χ3v) is 6.22. The third kappa shape index (κ3) is 2.21. The van der Waals surface area contributed by atoms with Crippen molar-refractivity contribution < 1.29 is 9.26 Å². The average Bonchev–Trinajstić information content (AvgIpc) is 2.98. The van der Waals surface area contributed by atoms with E-state index in [0.29, 0.717) is 17.7 Å². The summed E-state index contributed by atoms with van der Waals surface area (Å²) in [5.74, 6) is 1.11. The van der Waals surface area contributed by atoms with E-state index in [1.165, 1.54) is 22.2 Å². The summed E-state index contributed by atoms with van der Waals surface area (Å²) in [7, 11) is 0. The minimum absolute atomic E-state index is 0.307. The standard InChI is InChI=1S/C20H23N3O3/c1-12-11-20(12,18-21-19(24)26-22-18)23-13(2)9-16-10-15(3-4-17(16)23)14-5-7-25-8-6-14/h3-4,9-10,12,14H,5-8,11H2,1-2H3,(H,21,22,24). The van der Waals surface area contributed by atoms with Crippen molar-refractivity contribution in [3.8, 4) is 0 Å². The smallest absolute Gasteiger partial charge is 0.381 e. The van der Waals surface area contributed by atoms with Gasteiger partial charge in [0.15, 0.2) is 5.82 Å². The molecule has 6 nitrogen and oxygen atoms in total. The molecule has 1 saturated carbocycles. The maximum Gasteiger partial charge on any atom is 0.438 e.